The average molecular weight is 271 g/mol. The standard InChI is InChI=1S/C14H25NO4/c1-4-19-9-5-8-15(13(16)12-6-7-12)10-11(2)14(17)18-3/h11-12H,4-10H2,1-3H3. The van der Waals surface area contributed by atoms with E-state index in [0.717, 1.165) is 19.3 Å². The van der Waals surface area contributed by atoms with Gasteiger partial charge in [0, 0.05) is 32.2 Å². The molecule has 0 aliphatic heterocycles. The number of hydrogen-bond donors (Lipinski definition) is 0. The maximum Gasteiger partial charge on any atom is 0.310 e. The van der Waals surface area contributed by atoms with Crippen molar-refractivity contribution in [2.45, 2.75) is 33.1 Å². The molecule has 0 saturated heterocycles. The van der Waals surface area contributed by atoms with E-state index in [2.05, 4.69) is 0 Å². The first-order valence-corrected chi connectivity index (χ1v) is 7.04. The Bertz CT molecular complexity index is 302. The summed E-state index contributed by atoms with van der Waals surface area (Å²) in [6.45, 7) is 6.17. The first-order chi connectivity index (χ1) is 9.10. The molecule has 0 heterocycles. The molecule has 0 aromatic rings. The van der Waals surface area contributed by atoms with Crippen molar-refractivity contribution in [1.29, 1.82) is 0 Å². The third-order valence-corrected chi connectivity index (χ3v) is 3.26. The number of amides is 1. The van der Waals surface area contributed by atoms with Crippen molar-refractivity contribution in [3.63, 3.8) is 0 Å². The van der Waals surface area contributed by atoms with Crippen LogP contribution in [0.4, 0.5) is 0 Å². The van der Waals surface area contributed by atoms with Gasteiger partial charge in [0.15, 0.2) is 0 Å². The van der Waals surface area contributed by atoms with E-state index >= 15 is 0 Å². The average Bonchev–Trinajstić information content (AvgIpc) is 3.24. The molecule has 0 aromatic heterocycles. The van der Waals surface area contributed by atoms with Crippen molar-refractivity contribution in [2.24, 2.45) is 11.8 Å². The van der Waals surface area contributed by atoms with E-state index in [1.807, 2.05) is 6.92 Å². The predicted octanol–water partition coefficient (Wildman–Crippen LogP) is 1.46. The Hall–Kier alpha value is -1.10. The fourth-order valence-corrected chi connectivity index (χ4v) is 1.99. The van der Waals surface area contributed by atoms with Crippen LogP contribution in [0.15, 0.2) is 0 Å². The Morgan fingerprint density at radius 3 is 2.58 bits per heavy atom. The predicted molar refractivity (Wildman–Crippen MR) is 71.6 cm³/mol. The van der Waals surface area contributed by atoms with Gasteiger partial charge in [0.1, 0.15) is 0 Å². The molecule has 0 spiro atoms. The summed E-state index contributed by atoms with van der Waals surface area (Å²) in [6, 6.07) is 0. The normalized spacial score (nSPS) is 15.9. The zero-order valence-electron chi connectivity index (χ0n) is 12.2. The summed E-state index contributed by atoms with van der Waals surface area (Å²) in [4.78, 5) is 25.4. The van der Waals surface area contributed by atoms with Gasteiger partial charge in [0.05, 0.1) is 13.0 Å². The topological polar surface area (TPSA) is 55.8 Å². The Balaban J connectivity index is 2.43. The summed E-state index contributed by atoms with van der Waals surface area (Å²) < 4.78 is 9.99. The molecule has 0 N–H and O–H groups in total. The first kappa shape index (κ1) is 16.0. The molecular weight excluding hydrogens is 246 g/mol. The summed E-state index contributed by atoms with van der Waals surface area (Å²) in [7, 11) is 1.38. The van der Waals surface area contributed by atoms with Crippen molar-refractivity contribution < 1.29 is 19.1 Å². The SMILES string of the molecule is CCOCCCN(CC(C)C(=O)OC)C(=O)C1CC1. The highest BCUT2D eigenvalue weighted by atomic mass is 16.5. The second kappa shape index (κ2) is 8.15. The molecule has 1 atom stereocenters. The number of methoxy groups -OCH3 is 1. The van der Waals surface area contributed by atoms with E-state index in [1.165, 1.54) is 7.11 Å². The summed E-state index contributed by atoms with van der Waals surface area (Å²) in [5.74, 6) is -0.192. The van der Waals surface area contributed by atoms with E-state index < -0.39 is 0 Å². The van der Waals surface area contributed by atoms with Crippen LogP contribution in [0.1, 0.15) is 33.1 Å². The van der Waals surface area contributed by atoms with Gasteiger partial charge in [-0.05, 0) is 26.2 Å². The molecule has 0 bridgehead atoms. The van der Waals surface area contributed by atoms with Crippen molar-refractivity contribution in [3.8, 4) is 0 Å². The van der Waals surface area contributed by atoms with E-state index in [9.17, 15) is 9.59 Å². The fraction of sp³-hybridized carbons (Fsp3) is 0.857. The number of carbonyl (C=O) groups excluding carboxylic acids is 2. The smallest absolute Gasteiger partial charge is 0.310 e. The monoisotopic (exact) mass is 271 g/mol. The molecule has 0 aromatic carbocycles. The molecule has 5 heteroatoms. The number of esters is 1. The van der Waals surface area contributed by atoms with Gasteiger partial charge in [0.2, 0.25) is 5.91 Å². The summed E-state index contributed by atoms with van der Waals surface area (Å²) in [5.41, 5.74) is 0. The van der Waals surface area contributed by atoms with Gasteiger partial charge in [-0.25, -0.2) is 0 Å². The minimum Gasteiger partial charge on any atom is -0.469 e. The highest BCUT2D eigenvalue weighted by Gasteiger charge is 2.34. The number of hydrogen-bond acceptors (Lipinski definition) is 4. The number of carbonyl (C=O) groups is 2. The van der Waals surface area contributed by atoms with Crippen molar-refractivity contribution >= 4 is 11.9 Å². The zero-order valence-corrected chi connectivity index (χ0v) is 12.2. The zero-order chi connectivity index (χ0) is 14.3. The lowest BCUT2D eigenvalue weighted by Gasteiger charge is -2.25. The van der Waals surface area contributed by atoms with Crippen LogP contribution >= 0.6 is 0 Å². The van der Waals surface area contributed by atoms with Crippen LogP contribution < -0.4 is 0 Å². The lowest BCUT2D eigenvalue weighted by atomic mass is 10.1. The summed E-state index contributed by atoms with van der Waals surface area (Å²) in [5, 5.41) is 0. The summed E-state index contributed by atoms with van der Waals surface area (Å²) >= 11 is 0. The van der Waals surface area contributed by atoms with Gasteiger partial charge in [-0.15, -0.1) is 0 Å². The molecule has 0 radical (unpaired) electrons. The van der Waals surface area contributed by atoms with Crippen LogP contribution in [-0.4, -0.2) is 50.2 Å². The van der Waals surface area contributed by atoms with Gasteiger partial charge in [-0.3, -0.25) is 9.59 Å². The Morgan fingerprint density at radius 1 is 1.37 bits per heavy atom. The molecule has 19 heavy (non-hydrogen) atoms. The molecule has 5 nitrogen and oxygen atoms in total. The molecule has 1 saturated carbocycles. The maximum absolute atomic E-state index is 12.1. The minimum absolute atomic E-state index is 0.173. The van der Waals surface area contributed by atoms with E-state index in [1.54, 1.807) is 11.8 Å². The van der Waals surface area contributed by atoms with Crippen molar-refractivity contribution in [1.82, 2.24) is 4.90 Å². The summed E-state index contributed by atoms with van der Waals surface area (Å²) in [6.07, 6.45) is 2.76. The van der Waals surface area contributed by atoms with Gasteiger partial charge >= 0.3 is 5.97 Å². The van der Waals surface area contributed by atoms with Crippen molar-refractivity contribution in [3.05, 3.63) is 0 Å². The molecular formula is C14H25NO4. The van der Waals surface area contributed by atoms with Crippen molar-refractivity contribution in [2.75, 3.05) is 33.4 Å². The van der Waals surface area contributed by atoms with Gasteiger partial charge in [-0.2, -0.15) is 0 Å². The molecule has 1 fully saturated rings. The van der Waals surface area contributed by atoms with Crippen LogP contribution in [0.25, 0.3) is 0 Å². The highest BCUT2D eigenvalue weighted by Crippen LogP contribution is 2.31. The number of rotatable bonds is 9. The maximum atomic E-state index is 12.1. The van der Waals surface area contributed by atoms with Gasteiger partial charge in [-0.1, -0.05) is 6.92 Å². The Labute approximate surface area is 115 Å². The molecule has 1 aliphatic rings. The third-order valence-electron chi connectivity index (χ3n) is 3.26. The molecule has 1 unspecified atom stereocenters. The Kier molecular flexibility index (Phi) is 6.84. The quantitative estimate of drug-likeness (QED) is 0.470. The van der Waals surface area contributed by atoms with Crippen LogP contribution in [0.2, 0.25) is 0 Å². The number of ether oxygens (including phenoxy) is 2. The van der Waals surface area contributed by atoms with Gasteiger partial charge < -0.3 is 14.4 Å². The second-order valence-corrected chi connectivity index (χ2v) is 5.03. The first-order valence-electron chi connectivity index (χ1n) is 7.04. The fourth-order valence-electron chi connectivity index (χ4n) is 1.99. The van der Waals surface area contributed by atoms with Gasteiger partial charge in [0.25, 0.3) is 0 Å². The Morgan fingerprint density at radius 2 is 2.05 bits per heavy atom. The lowest BCUT2D eigenvalue weighted by Crippen LogP contribution is -2.39. The second-order valence-electron chi connectivity index (χ2n) is 5.03. The van der Waals surface area contributed by atoms with Crippen LogP contribution in [-0.2, 0) is 19.1 Å². The largest absolute Gasteiger partial charge is 0.469 e. The van der Waals surface area contributed by atoms with E-state index in [-0.39, 0.29) is 23.7 Å². The third kappa shape index (κ3) is 5.59. The molecule has 1 rings (SSSR count). The van der Waals surface area contributed by atoms with Crippen LogP contribution in [0, 0.1) is 11.8 Å². The highest BCUT2D eigenvalue weighted by molar-refractivity contribution is 5.82. The number of nitrogens with zero attached hydrogens (tertiary/aromatic N) is 1. The van der Waals surface area contributed by atoms with E-state index in [4.69, 9.17) is 9.47 Å². The van der Waals surface area contributed by atoms with Crippen LogP contribution in [0.3, 0.4) is 0 Å². The minimum atomic E-state index is -0.278. The van der Waals surface area contributed by atoms with Crippen LogP contribution in [0.5, 0.6) is 0 Å². The lowest BCUT2D eigenvalue weighted by molar-refractivity contribution is -0.146. The molecule has 1 amide bonds. The molecule has 110 valence electrons. The molecule has 1 aliphatic carbocycles. The van der Waals surface area contributed by atoms with E-state index in [0.29, 0.717) is 26.3 Å².